The summed E-state index contributed by atoms with van der Waals surface area (Å²) in [5.41, 5.74) is 3.94. The van der Waals surface area contributed by atoms with Gasteiger partial charge in [0.15, 0.2) is 10.8 Å². The van der Waals surface area contributed by atoms with Crippen molar-refractivity contribution in [2.75, 3.05) is 11.6 Å². The first-order valence-electron chi connectivity index (χ1n) is 7.95. The van der Waals surface area contributed by atoms with E-state index in [9.17, 15) is 0 Å². The second-order valence-electron chi connectivity index (χ2n) is 5.64. The van der Waals surface area contributed by atoms with Crippen molar-refractivity contribution in [1.82, 2.24) is 24.1 Å². The molecule has 1 N–H and O–H groups in total. The van der Waals surface area contributed by atoms with E-state index in [1.54, 1.807) is 18.0 Å². The average molecular weight is 350 g/mol. The molecule has 0 radical (unpaired) electrons. The van der Waals surface area contributed by atoms with Crippen LogP contribution in [0.3, 0.4) is 0 Å². The first kappa shape index (κ1) is 15.7. The Morgan fingerprint density at radius 1 is 1.16 bits per heavy atom. The molecule has 0 spiro atoms. The van der Waals surface area contributed by atoms with E-state index in [0.29, 0.717) is 6.54 Å². The van der Waals surface area contributed by atoms with Gasteiger partial charge in [-0.3, -0.25) is 0 Å². The third-order valence-corrected chi connectivity index (χ3v) is 4.85. The van der Waals surface area contributed by atoms with Gasteiger partial charge in [-0.1, -0.05) is 42.1 Å². The van der Waals surface area contributed by atoms with Crippen molar-refractivity contribution in [1.29, 1.82) is 0 Å². The minimum Gasteiger partial charge on any atom is -0.364 e. The molecule has 4 aromatic rings. The van der Waals surface area contributed by atoms with Gasteiger partial charge in [0.25, 0.3) is 0 Å². The molecule has 0 saturated carbocycles. The minimum absolute atomic E-state index is 0.664. The van der Waals surface area contributed by atoms with Crippen LogP contribution in [0.5, 0.6) is 0 Å². The van der Waals surface area contributed by atoms with Crippen LogP contribution in [0.15, 0.2) is 60.0 Å². The molecule has 4 rings (SSSR count). The van der Waals surface area contributed by atoms with E-state index >= 15 is 0 Å². The summed E-state index contributed by atoms with van der Waals surface area (Å²) < 4.78 is 3.91. The summed E-state index contributed by atoms with van der Waals surface area (Å²) in [6, 6.07) is 14.1. The number of fused-ring (bicyclic) bond motifs is 1. The van der Waals surface area contributed by atoms with Gasteiger partial charge < -0.3 is 9.88 Å². The molecule has 0 aliphatic carbocycles. The Bertz CT molecular complexity index is 1010. The van der Waals surface area contributed by atoms with Crippen molar-refractivity contribution in [2.24, 2.45) is 7.05 Å². The van der Waals surface area contributed by atoms with Crippen molar-refractivity contribution < 1.29 is 0 Å². The summed E-state index contributed by atoms with van der Waals surface area (Å²) in [6.45, 7) is 0.664. The standard InChI is InChI=1S/C18H18N6S/c1-23-14(12-20-18(23)25-2)11-19-17-10-15(13-6-4-3-5-7-13)22-16-8-9-21-24(16)17/h3-10,12,19H,11H2,1-2H3. The molecule has 1 aromatic carbocycles. The lowest BCUT2D eigenvalue weighted by atomic mass is 10.1. The van der Waals surface area contributed by atoms with Gasteiger partial charge >= 0.3 is 0 Å². The molecule has 25 heavy (non-hydrogen) atoms. The van der Waals surface area contributed by atoms with Gasteiger partial charge in [-0.25, -0.2) is 9.97 Å². The fourth-order valence-corrected chi connectivity index (χ4v) is 3.31. The van der Waals surface area contributed by atoms with E-state index in [-0.39, 0.29) is 0 Å². The number of imidazole rings is 1. The van der Waals surface area contributed by atoms with E-state index in [0.717, 1.165) is 33.6 Å². The molecule has 7 heteroatoms. The molecule has 3 heterocycles. The molecule has 126 valence electrons. The van der Waals surface area contributed by atoms with Gasteiger partial charge in [0, 0.05) is 24.7 Å². The second kappa shape index (κ2) is 6.60. The van der Waals surface area contributed by atoms with Gasteiger partial charge in [-0.15, -0.1) is 0 Å². The smallest absolute Gasteiger partial charge is 0.167 e. The van der Waals surface area contributed by atoms with E-state index < -0.39 is 0 Å². The summed E-state index contributed by atoms with van der Waals surface area (Å²) in [4.78, 5) is 9.11. The zero-order chi connectivity index (χ0) is 17.2. The molecular weight excluding hydrogens is 332 g/mol. The predicted molar refractivity (Wildman–Crippen MR) is 101 cm³/mol. The highest BCUT2D eigenvalue weighted by Crippen LogP contribution is 2.22. The van der Waals surface area contributed by atoms with Crippen LogP contribution in [0.4, 0.5) is 5.82 Å². The molecule has 0 fully saturated rings. The van der Waals surface area contributed by atoms with Crippen molar-refractivity contribution in [3.8, 4) is 11.3 Å². The molecule has 0 unspecified atom stereocenters. The SMILES string of the molecule is CSc1ncc(CNc2cc(-c3ccccc3)nc3ccnn23)n1C. The van der Waals surface area contributed by atoms with Crippen LogP contribution in [-0.4, -0.2) is 30.4 Å². The lowest BCUT2D eigenvalue weighted by Crippen LogP contribution is -2.09. The number of nitrogens with zero attached hydrogens (tertiary/aromatic N) is 5. The third kappa shape index (κ3) is 2.98. The number of aromatic nitrogens is 5. The first-order valence-corrected chi connectivity index (χ1v) is 9.17. The second-order valence-corrected chi connectivity index (χ2v) is 6.42. The van der Waals surface area contributed by atoms with Crippen molar-refractivity contribution in [2.45, 2.75) is 11.7 Å². The van der Waals surface area contributed by atoms with Crippen LogP contribution in [-0.2, 0) is 13.6 Å². The fourth-order valence-electron chi connectivity index (χ4n) is 2.76. The number of anilines is 1. The Balaban J connectivity index is 1.68. The first-order chi connectivity index (χ1) is 12.3. The maximum absolute atomic E-state index is 4.70. The largest absolute Gasteiger partial charge is 0.364 e. The maximum atomic E-state index is 4.70. The number of hydrogen-bond donors (Lipinski definition) is 1. The van der Waals surface area contributed by atoms with Crippen LogP contribution in [0, 0.1) is 0 Å². The molecule has 6 nitrogen and oxygen atoms in total. The molecule has 0 bridgehead atoms. The molecule has 3 aromatic heterocycles. The maximum Gasteiger partial charge on any atom is 0.167 e. The summed E-state index contributed by atoms with van der Waals surface area (Å²) in [5, 5.41) is 8.84. The van der Waals surface area contributed by atoms with Crippen LogP contribution < -0.4 is 5.32 Å². The molecule has 0 amide bonds. The summed E-state index contributed by atoms with van der Waals surface area (Å²) in [6.07, 6.45) is 5.69. The molecule has 0 saturated heterocycles. The monoisotopic (exact) mass is 350 g/mol. The Kier molecular flexibility index (Phi) is 4.15. The topological polar surface area (TPSA) is 60.0 Å². The lowest BCUT2D eigenvalue weighted by Gasteiger charge is -2.11. The normalized spacial score (nSPS) is 11.1. The minimum atomic E-state index is 0.664. The van der Waals surface area contributed by atoms with E-state index in [1.165, 1.54) is 0 Å². The van der Waals surface area contributed by atoms with Crippen molar-refractivity contribution >= 4 is 23.2 Å². The van der Waals surface area contributed by atoms with Crippen molar-refractivity contribution in [3.63, 3.8) is 0 Å². The number of rotatable bonds is 5. The Morgan fingerprint density at radius 2 is 2.00 bits per heavy atom. The predicted octanol–water partition coefficient (Wildman–Crippen LogP) is 3.46. The molecular formula is C18H18N6S. The van der Waals surface area contributed by atoms with Crippen LogP contribution >= 0.6 is 11.8 Å². The van der Waals surface area contributed by atoms with Gasteiger partial charge in [0.05, 0.1) is 30.3 Å². The summed E-state index contributed by atoms with van der Waals surface area (Å²) in [7, 11) is 2.03. The highest BCUT2D eigenvalue weighted by Gasteiger charge is 2.10. The van der Waals surface area contributed by atoms with Crippen LogP contribution in [0.2, 0.25) is 0 Å². The van der Waals surface area contributed by atoms with Crippen molar-refractivity contribution in [3.05, 3.63) is 60.6 Å². The molecule has 0 aliphatic rings. The summed E-state index contributed by atoms with van der Waals surface area (Å²) in [5.74, 6) is 0.903. The van der Waals surface area contributed by atoms with Gasteiger partial charge in [-0.2, -0.15) is 9.61 Å². The fraction of sp³-hybridized carbons (Fsp3) is 0.167. The zero-order valence-corrected chi connectivity index (χ0v) is 14.9. The molecule has 0 atom stereocenters. The van der Waals surface area contributed by atoms with Crippen LogP contribution in [0.1, 0.15) is 5.69 Å². The lowest BCUT2D eigenvalue weighted by molar-refractivity contribution is 0.745. The highest BCUT2D eigenvalue weighted by molar-refractivity contribution is 7.98. The highest BCUT2D eigenvalue weighted by atomic mass is 32.2. The van der Waals surface area contributed by atoms with Gasteiger partial charge in [0.2, 0.25) is 0 Å². The van der Waals surface area contributed by atoms with Gasteiger partial charge in [0.1, 0.15) is 5.82 Å². The van der Waals surface area contributed by atoms with Crippen LogP contribution in [0.25, 0.3) is 16.9 Å². The van der Waals surface area contributed by atoms with E-state index in [4.69, 9.17) is 4.98 Å². The average Bonchev–Trinajstić information content (AvgIpc) is 3.26. The Hall–Kier alpha value is -2.80. The number of hydrogen-bond acceptors (Lipinski definition) is 5. The number of nitrogens with one attached hydrogen (secondary N) is 1. The Labute approximate surface area is 149 Å². The zero-order valence-electron chi connectivity index (χ0n) is 14.0. The summed E-state index contributed by atoms with van der Waals surface area (Å²) >= 11 is 1.64. The van der Waals surface area contributed by atoms with E-state index in [2.05, 4.69) is 32.1 Å². The number of thioether (sulfide) groups is 1. The number of benzene rings is 1. The Morgan fingerprint density at radius 3 is 2.76 bits per heavy atom. The van der Waals surface area contributed by atoms with Gasteiger partial charge in [-0.05, 0) is 6.26 Å². The quantitative estimate of drug-likeness (QED) is 0.559. The molecule has 0 aliphatic heterocycles. The third-order valence-electron chi connectivity index (χ3n) is 4.10. The van der Waals surface area contributed by atoms with E-state index in [1.807, 2.05) is 54.3 Å².